The van der Waals surface area contributed by atoms with Crippen LogP contribution in [0.25, 0.3) is 0 Å². The first-order valence-corrected chi connectivity index (χ1v) is 27.5. The largest absolute Gasteiger partial charge is 0.467 e. The number of amides is 11. The number of likely N-dealkylation sites (N-methyl/N-ethyl adjacent to an activating group) is 4. The molecule has 0 heterocycles. The standard InChI is InChI=1S/C49H88N12O15S2/c1-26(2)36(60(17)43(69)34(22-77-24-52-30(7)62)58(15)41(67)28(5)54-38(64)32(20-50)56-46(72)75-48(9,10)11)40(66)51-21-33(57-47(73)76-49(12,13)14)39(65)55-29(6)42(68)59(16)35(23-78-25-53-31(8)63)44(70)61(18)37(27(3)4)45(71)74-19/h26-29,32-37H,20-25,50H2,1-19H3,(H,51,66)(H,52,62)(H,53,63)(H,54,64)(H,55,65)(H,56,72)(H,57,73)/t28-,29-,32+,33+,34-,35-,36-,37-/m0/s1. The Hall–Kier alpha value is -6.10. The number of hydrogen-bond acceptors (Lipinski definition) is 18. The van der Waals surface area contributed by atoms with Crippen LogP contribution in [0.1, 0.15) is 96.9 Å². The highest BCUT2D eigenvalue weighted by Crippen LogP contribution is 2.20. The second-order valence-corrected chi connectivity index (χ2v) is 23.1. The highest BCUT2D eigenvalue weighted by molar-refractivity contribution is 7.99. The van der Waals surface area contributed by atoms with E-state index >= 15 is 0 Å². The van der Waals surface area contributed by atoms with Gasteiger partial charge in [0.05, 0.1) is 18.9 Å². The number of esters is 1. The lowest BCUT2D eigenvalue weighted by Crippen LogP contribution is -2.61. The number of nitrogens with zero attached hydrogens (tertiary/aromatic N) is 4. The maximum Gasteiger partial charge on any atom is 0.408 e. The Kier molecular flexibility index (Phi) is 30.8. The molecule has 0 aliphatic heterocycles. The summed E-state index contributed by atoms with van der Waals surface area (Å²) in [5, 5.41) is 17.6. The second kappa shape index (κ2) is 33.4. The van der Waals surface area contributed by atoms with Crippen molar-refractivity contribution >= 4 is 94.8 Å². The van der Waals surface area contributed by atoms with Crippen LogP contribution in [0.3, 0.4) is 0 Å². The fraction of sp³-hybridized carbons (Fsp3) is 0.755. The number of nitrogens with one attached hydrogen (secondary N) is 7. The predicted molar refractivity (Wildman–Crippen MR) is 294 cm³/mol. The molecule has 27 nitrogen and oxygen atoms in total. The van der Waals surface area contributed by atoms with Crippen LogP contribution in [-0.4, -0.2) is 222 Å². The van der Waals surface area contributed by atoms with Gasteiger partial charge in [-0.15, -0.1) is 23.5 Å². The molecule has 29 heteroatoms. The van der Waals surface area contributed by atoms with Gasteiger partial charge in [0.2, 0.25) is 53.2 Å². The second-order valence-electron chi connectivity index (χ2n) is 21.1. The first-order chi connectivity index (χ1) is 35.8. The van der Waals surface area contributed by atoms with Crippen molar-refractivity contribution in [1.29, 1.82) is 0 Å². The summed E-state index contributed by atoms with van der Waals surface area (Å²) in [6.45, 7) is 20.7. The van der Waals surface area contributed by atoms with Gasteiger partial charge in [-0.3, -0.25) is 43.2 Å². The van der Waals surface area contributed by atoms with Crippen LogP contribution < -0.4 is 43.0 Å². The van der Waals surface area contributed by atoms with Crippen LogP contribution in [0.4, 0.5) is 9.59 Å². The Morgan fingerprint density at radius 3 is 1.19 bits per heavy atom. The number of alkyl carbamates (subject to hydrolysis) is 2. The first kappa shape index (κ1) is 71.9. The SMILES string of the molecule is COC(=O)[C@H](C(C)C)N(C)C(=O)[C@H](CSCNC(C)=O)N(C)C(=O)[C@H](C)NC(=O)[C@@H](CNC(=O)[C@H](C(C)C)N(C)C(=O)[C@H](CSCNC(C)=O)N(C)C(=O)[C@H](C)NC(=O)[C@@H](CN)NC(=O)OC(C)(C)C)NC(=O)OC(C)(C)C. The number of carbonyl (C=O) groups excluding carboxylic acids is 12. The van der Waals surface area contributed by atoms with Gasteiger partial charge in [-0.25, -0.2) is 14.4 Å². The number of ether oxygens (including phenoxy) is 3. The summed E-state index contributed by atoms with van der Waals surface area (Å²) in [6.07, 6.45) is -1.98. The molecule has 0 aliphatic rings. The fourth-order valence-electron chi connectivity index (χ4n) is 7.33. The number of carbonyl (C=O) groups is 12. The van der Waals surface area contributed by atoms with Gasteiger partial charge in [0, 0.05) is 66.6 Å². The van der Waals surface area contributed by atoms with E-state index in [0.29, 0.717) is 0 Å². The van der Waals surface area contributed by atoms with Gasteiger partial charge in [0.25, 0.3) is 0 Å². The Labute approximate surface area is 467 Å². The van der Waals surface area contributed by atoms with E-state index in [1.807, 2.05) is 0 Å². The predicted octanol–water partition coefficient (Wildman–Crippen LogP) is -0.696. The van der Waals surface area contributed by atoms with Crippen molar-refractivity contribution in [3.8, 4) is 0 Å². The topological polar surface area (TPSA) is 356 Å². The van der Waals surface area contributed by atoms with E-state index in [-0.39, 0.29) is 41.6 Å². The molecule has 0 aromatic heterocycles. The minimum absolute atomic E-state index is 0.0409. The van der Waals surface area contributed by atoms with Crippen LogP contribution >= 0.6 is 23.5 Å². The van der Waals surface area contributed by atoms with Gasteiger partial charge in [-0.1, -0.05) is 27.7 Å². The molecule has 0 saturated heterocycles. The third kappa shape index (κ3) is 25.1. The Balaban J connectivity index is 6.85. The Morgan fingerprint density at radius 2 is 0.859 bits per heavy atom. The summed E-state index contributed by atoms with van der Waals surface area (Å²) in [5.74, 6) is -7.89. The van der Waals surface area contributed by atoms with Gasteiger partial charge in [-0.05, 0) is 67.2 Å². The van der Waals surface area contributed by atoms with Crippen molar-refractivity contribution in [1.82, 2.24) is 56.8 Å². The number of methoxy groups -OCH3 is 1. The Morgan fingerprint density at radius 1 is 0.500 bits per heavy atom. The highest BCUT2D eigenvalue weighted by atomic mass is 32.2. The maximum atomic E-state index is 14.6. The summed E-state index contributed by atoms with van der Waals surface area (Å²) in [6, 6.07) is -10.4. The van der Waals surface area contributed by atoms with E-state index < -0.39 is 137 Å². The average molecular weight is 1150 g/mol. The van der Waals surface area contributed by atoms with Crippen molar-refractivity contribution in [2.24, 2.45) is 17.6 Å². The average Bonchev–Trinajstić information content (AvgIpc) is 3.31. The van der Waals surface area contributed by atoms with Gasteiger partial charge in [0.15, 0.2) is 0 Å². The van der Waals surface area contributed by atoms with Crippen molar-refractivity contribution < 1.29 is 71.7 Å². The minimum Gasteiger partial charge on any atom is -0.467 e. The summed E-state index contributed by atoms with van der Waals surface area (Å²) in [5.41, 5.74) is 3.84. The van der Waals surface area contributed by atoms with E-state index in [2.05, 4.69) is 37.2 Å². The summed E-state index contributed by atoms with van der Waals surface area (Å²) >= 11 is 2.21. The summed E-state index contributed by atoms with van der Waals surface area (Å²) in [4.78, 5) is 164. The normalized spacial score (nSPS) is 14.5. The van der Waals surface area contributed by atoms with Gasteiger partial charge in [0.1, 0.15) is 59.5 Å². The lowest BCUT2D eigenvalue weighted by molar-refractivity contribution is -0.156. The third-order valence-electron chi connectivity index (χ3n) is 11.3. The van der Waals surface area contributed by atoms with Crippen LogP contribution in [0.15, 0.2) is 0 Å². The van der Waals surface area contributed by atoms with Gasteiger partial charge < -0.3 is 76.8 Å². The molecular weight excluding hydrogens is 1060 g/mol. The van der Waals surface area contributed by atoms with Crippen LogP contribution in [0, 0.1) is 11.8 Å². The molecule has 11 amide bonds. The molecule has 0 unspecified atom stereocenters. The zero-order chi connectivity index (χ0) is 60.7. The van der Waals surface area contributed by atoms with Crippen molar-refractivity contribution in [2.75, 3.05) is 71.6 Å². The zero-order valence-corrected chi connectivity index (χ0v) is 50.5. The van der Waals surface area contributed by atoms with E-state index in [4.69, 9.17) is 19.9 Å². The maximum absolute atomic E-state index is 14.6. The van der Waals surface area contributed by atoms with Crippen LogP contribution in [0.2, 0.25) is 0 Å². The molecule has 0 radical (unpaired) electrons. The lowest BCUT2D eigenvalue weighted by atomic mass is 10.0. The van der Waals surface area contributed by atoms with Gasteiger partial charge in [-0.2, -0.15) is 0 Å². The molecule has 0 spiro atoms. The van der Waals surface area contributed by atoms with Crippen LogP contribution in [-0.2, 0) is 62.2 Å². The number of hydrogen-bond donors (Lipinski definition) is 8. The summed E-state index contributed by atoms with van der Waals surface area (Å²) < 4.78 is 15.6. The lowest BCUT2D eigenvalue weighted by Gasteiger charge is -2.37. The van der Waals surface area contributed by atoms with E-state index in [1.54, 1.807) is 69.2 Å². The fourth-order valence-corrected chi connectivity index (χ4v) is 9.35. The monoisotopic (exact) mass is 1150 g/mol. The molecule has 446 valence electrons. The molecule has 0 aliphatic carbocycles. The molecule has 0 aromatic carbocycles. The zero-order valence-electron chi connectivity index (χ0n) is 48.8. The first-order valence-electron chi connectivity index (χ1n) is 25.2. The van der Waals surface area contributed by atoms with E-state index in [9.17, 15) is 57.5 Å². The van der Waals surface area contributed by atoms with Crippen LogP contribution in [0.5, 0.6) is 0 Å². The molecule has 0 fully saturated rings. The molecule has 0 bridgehead atoms. The summed E-state index contributed by atoms with van der Waals surface area (Å²) in [7, 11) is 6.55. The third-order valence-corrected chi connectivity index (χ3v) is 13.1. The van der Waals surface area contributed by atoms with E-state index in [1.165, 1.54) is 67.9 Å². The van der Waals surface area contributed by atoms with Crippen molar-refractivity contribution in [3.63, 3.8) is 0 Å². The number of thioether (sulfide) groups is 2. The van der Waals surface area contributed by atoms with Crippen molar-refractivity contribution in [2.45, 2.75) is 156 Å². The quantitative estimate of drug-likeness (QED) is 0.0199. The minimum atomic E-state index is -1.61. The Bertz CT molecular complexity index is 2110. The smallest absolute Gasteiger partial charge is 0.408 e. The molecule has 0 saturated carbocycles. The number of rotatable bonds is 29. The molecule has 0 aromatic rings. The molecular formula is C49H88N12O15S2. The van der Waals surface area contributed by atoms with Crippen molar-refractivity contribution in [3.05, 3.63) is 0 Å². The molecule has 78 heavy (non-hydrogen) atoms. The highest BCUT2D eigenvalue weighted by Gasteiger charge is 2.41. The van der Waals surface area contributed by atoms with E-state index in [0.717, 1.165) is 38.2 Å². The van der Waals surface area contributed by atoms with Gasteiger partial charge >= 0.3 is 18.2 Å². The molecule has 0 rings (SSSR count). The molecule has 8 atom stereocenters. The number of nitrogens with two attached hydrogens (primary N) is 1. The molecule has 9 N–H and O–H groups in total.